The monoisotopic (exact) mass is 472 g/mol. The van der Waals surface area contributed by atoms with E-state index in [0.29, 0.717) is 37.1 Å². The molecule has 35 heavy (non-hydrogen) atoms. The highest BCUT2D eigenvalue weighted by Gasteiger charge is 2.53. The van der Waals surface area contributed by atoms with E-state index in [9.17, 15) is 9.59 Å². The SMILES string of the molecule is CCN(CC(C)(C)N)C(=O)C1(c2ccc3nc(N)nc(C(=O)N4Cc5ccccc5C4)c3c2)CC1. The van der Waals surface area contributed by atoms with Crippen LogP contribution in [0.4, 0.5) is 5.95 Å². The highest BCUT2D eigenvalue weighted by molar-refractivity contribution is 6.05. The molecule has 2 aromatic carbocycles. The first-order chi connectivity index (χ1) is 16.6. The number of nitrogen functional groups attached to an aromatic ring is 1. The molecule has 182 valence electrons. The van der Waals surface area contributed by atoms with Crippen molar-refractivity contribution in [2.24, 2.45) is 5.73 Å². The second-order valence-corrected chi connectivity index (χ2v) is 10.5. The lowest BCUT2D eigenvalue weighted by Gasteiger charge is -2.32. The van der Waals surface area contributed by atoms with Crippen LogP contribution in [0.15, 0.2) is 42.5 Å². The van der Waals surface area contributed by atoms with Crippen molar-refractivity contribution in [2.75, 3.05) is 18.8 Å². The van der Waals surface area contributed by atoms with Crippen LogP contribution in [0.2, 0.25) is 0 Å². The predicted molar refractivity (Wildman–Crippen MR) is 135 cm³/mol. The van der Waals surface area contributed by atoms with Crippen molar-refractivity contribution in [1.82, 2.24) is 19.8 Å². The number of carbonyl (C=O) groups is 2. The average molecular weight is 473 g/mol. The van der Waals surface area contributed by atoms with Gasteiger partial charge in [0.15, 0.2) is 0 Å². The number of anilines is 1. The van der Waals surface area contributed by atoms with Crippen LogP contribution in [-0.4, -0.2) is 50.2 Å². The molecule has 0 spiro atoms. The quantitative estimate of drug-likeness (QED) is 0.569. The fourth-order valence-corrected chi connectivity index (χ4v) is 5.11. The van der Waals surface area contributed by atoms with E-state index < -0.39 is 11.0 Å². The summed E-state index contributed by atoms with van der Waals surface area (Å²) >= 11 is 0. The topological polar surface area (TPSA) is 118 Å². The Labute approximate surface area is 205 Å². The Morgan fingerprint density at radius 2 is 1.74 bits per heavy atom. The summed E-state index contributed by atoms with van der Waals surface area (Å²) in [5, 5.41) is 0.624. The number of rotatable bonds is 6. The van der Waals surface area contributed by atoms with Gasteiger partial charge in [0.1, 0.15) is 5.69 Å². The van der Waals surface area contributed by atoms with E-state index in [4.69, 9.17) is 11.5 Å². The average Bonchev–Trinajstić information content (AvgIpc) is 3.52. The molecule has 2 amide bonds. The number of benzene rings is 2. The summed E-state index contributed by atoms with van der Waals surface area (Å²) in [5.41, 5.74) is 15.2. The molecule has 2 aliphatic rings. The normalized spacial score (nSPS) is 16.3. The molecular weight excluding hydrogens is 440 g/mol. The molecule has 5 rings (SSSR count). The number of hydrogen-bond donors (Lipinski definition) is 2. The number of fused-ring (bicyclic) bond motifs is 2. The molecule has 0 bridgehead atoms. The van der Waals surface area contributed by atoms with Crippen LogP contribution in [0.1, 0.15) is 60.8 Å². The van der Waals surface area contributed by atoms with Crippen molar-refractivity contribution in [3.8, 4) is 0 Å². The van der Waals surface area contributed by atoms with Gasteiger partial charge in [0.2, 0.25) is 11.9 Å². The lowest BCUT2D eigenvalue weighted by molar-refractivity contribution is -0.134. The van der Waals surface area contributed by atoms with Crippen LogP contribution < -0.4 is 11.5 Å². The summed E-state index contributed by atoms with van der Waals surface area (Å²) in [4.78, 5) is 39.6. The first kappa shape index (κ1) is 23.2. The van der Waals surface area contributed by atoms with Gasteiger partial charge in [-0.25, -0.2) is 9.97 Å². The van der Waals surface area contributed by atoms with Gasteiger partial charge in [-0.3, -0.25) is 9.59 Å². The highest BCUT2D eigenvalue weighted by Crippen LogP contribution is 2.50. The van der Waals surface area contributed by atoms with Crippen molar-refractivity contribution in [1.29, 1.82) is 0 Å². The number of nitrogens with zero attached hydrogens (tertiary/aromatic N) is 4. The van der Waals surface area contributed by atoms with Crippen molar-refractivity contribution in [3.63, 3.8) is 0 Å². The second kappa shape index (κ2) is 8.30. The fraction of sp³-hybridized carbons (Fsp3) is 0.407. The van der Waals surface area contributed by atoms with Gasteiger partial charge in [-0.15, -0.1) is 0 Å². The molecule has 0 saturated heterocycles. The molecule has 3 aromatic rings. The summed E-state index contributed by atoms with van der Waals surface area (Å²) in [6.07, 6.45) is 1.53. The number of aromatic nitrogens is 2. The Hall–Kier alpha value is -3.52. The lowest BCUT2D eigenvalue weighted by atomic mass is 9.91. The maximum absolute atomic E-state index is 13.6. The molecule has 0 radical (unpaired) electrons. The first-order valence-corrected chi connectivity index (χ1v) is 12.1. The van der Waals surface area contributed by atoms with Crippen LogP contribution in [0.5, 0.6) is 0 Å². The van der Waals surface area contributed by atoms with E-state index in [1.165, 1.54) is 0 Å². The molecule has 1 aliphatic heterocycles. The minimum absolute atomic E-state index is 0.0601. The summed E-state index contributed by atoms with van der Waals surface area (Å²) in [6.45, 7) is 7.96. The van der Waals surface area contributed by atoms with E-state index in [1.807, 2.05) is 68.1 Å². The molecule has 1 aromatic heterocycles. The largest absolute Gasteiger partial charge is 0.368 e. The molecular formula is C27H32N6O2. The Kier molecular flexibility index (Phi) is 5.51. The summed E-state index contributed by atoms with van der Waals surface area (Å²) < 4.78 is 0. The molecule has 8 nitrogen and oxygen atoms in total. The third kappa shape index (κ3) is 4.23. The lowest BCUT2D eigenvalue weighted by Crippen LogP contribution is -2.50. The zero-order valence-electron chi connectivity index (χ0n) is 20.5. The van der Waals surface area contributed by atoms with E-state index in [2.05, 4.69) is 9.97 Å². The van der Waals surface area contributed by atoms with E-state index in [-0.39, 0.29) is 23.5 Å². The van der Waals surface area contributed by atoms with Gasteiger partial charge in [0, 0.05) is 37.1 Å². The van der Waals surface area contributed by atoms with Crippen LogP contribution in [0.3, 0.4) is 0 Å². The number of nitrogens with two attached hydrogens (primary N) is 2. The van der Waals surface area contributed by atoms with Gasteiger partial charge in [0.05, 0.1) is 10.9 Å². The van der Waals surface area contributed by atoms with E-state index >= 15 is 0 Å². The minimum atomic E-state index is -0.596. The van der Waals surface area contributed by atoms with Crippen LogP contribution in [0, 0.1) is 0 Å². The molecule has 0 unspecified atom stereocenters. The van der Waals surface area contributed by atoms with Gasteiger partial charge < -0.3 is 21.3 Å². The van der Waals surface area contributed by atoms with Crippen molar-refractivity contribution >= 4 is 28.7 Å². The van der Waals surface area contributed by atoms with Gasteiger partial charge in [-0.05, 0) is 62.4 Å². The van der Waals surface area contributed by atoms with E-state index in [1.54, 1.807) is 4.90 Å². The first-order valence-electron chi connectivity index (χ1n) is 12.1. The number of amides is 2. The van der Waals surface area contributed by atoms with Crippen LogP contribution in [0.25, 0.3) is 10.9 Å². The molecule has 4 N–H and O–H groups in total. The van der Waals surface area contributed by atoms with Crippen molar-refractivity contribution < 1.29 is 9.59 Å². The van der Waals surface area contributed by atoms with Gasteiger partial charge >= 0.3 is 0 Å². The summed E-state index contributed by atoms with van der Waals surface area (Å²) in [6, 6.07) is 13.7. The maximum atomic E-state index is 13.6. The summed E-state index contributed by atoms with van der Waals surface area (Å²) in [7, 11) is 0. The molecule has 0 atom stereocenters. The Morgan fingerprint density at radius 3 is 2.31 bits per heavy atom. The number of hydrogen-bond acceptors (Lipinski definition) is 6. The van der Waals surface area contributed by atoms with Crippen molar-refractivity contribution in [3.05, 3.63) is 64.8 Å². The molecule has 1 fully saturated rings. The Balaban J connectivity index is 1.51. The Morgan fingerprint density at radius 1 is 1.09 bits per heavy atom. The fourth-order valence-electron chi connectivity index (χ4n) is 5.11. The zero-order chi connectivity index (χ0) is 25.0. The van der Waals surface area contributed by atoms with Gasteiger partial charge in [-0.2, -0.15) is 0 Å². The maximum Gasteiger partial charge on any atom is 0.273 e. The predicted octanol–water partition coefficient (Wildman–Crippen LogP) is 2.99. The molecule has 2 heterocycles. The molecule has 8 heteroatoms. The van der Waals surface area contributed by atoms with Gasteiger partial charge in [0.25, 0.3) is 5.91 Å². The molecule has 1 saturated carbocycles. The highest BCUT2D eigenvalue weighted by atomic mass is 16.2. The number of carbonyl (C=O) groups excluding carboxylic acids is 2. The summed E-state index contributed by atoms with van der Waals surface area (Å²) in [5.74, 6) is -0.0457. The minimum Gasteiger partial charge on any atom is -0.368 e. The van der Waals surface area contributed by atoms with Crippen LogP contribution in [-0.2, 0) is 23.3 Å². The standard InChI is InChI=1S/C27H32N6O2/c1-4-32(16-26(2,3)29)24(35)27(11-12-27)19-9-10-21-20(13-19)22(31-25(28)30-21)23(34)33-14-17-7-5-6-8-18(17)15-33/h5-10,13H,4,11-12,14-16,29H2,1-3H3,(H2,28,30,31). The second-order valence-electron chi connectivity index (χ2n) is 10.5. The smallest absolute Gasteiger partial charge is 0.273 e. The number of likely N-dealkylation sites (N-methyl/N-ethyl adjacent to an activating group) is 1. The van der Waals surface area contributed by atoms with Gasteiger partial charge in [-0.1, -0.05) is 30.3 Å². The van der Waals surface area contributed by atoms with Crippen LogP contribution >= 0.6 is 0 Å². The van der Waals surface area contributed by atoms with E-state index in [0.717, 1.165) is 29.5 Å². The Bertz CT molecular complexity index is 1300. The third-order valence-electron chi connectivity index (χ3n) is 7.02. The zero-order valence-corrected chi connectivity index (χ0v) is 20.5. The third-order valence-corrected chi connectivity index (χ3v) is 7.02. The molecule has 1 aliphatic carbocycles. The van der Waals surface area contributed by atoms with Crippen molar-refractivity contribution in [2.45, 2.75) is 57.7 Å².